The van der Waals surface area contributed by atoms with Crippen LogP contribution in [0.1, 0.15) is 29.5 Å². The molecule has 3 rings (SSSR count). The maximum Gasteiger partial charge on any atom is 0.129 e. The Hall–Kier alpha value is -1.42. The average molecular weight is 274 g/mol. The maximum atomic E-state index is 5.82. The van der Waals surface area contributed by atoms with E-state index in [9.17, 15) is 0 Å². The molecular weight excluding hydrogens is 258 g/mol. The van der Waals surface area contributed by atoms with Crippen molar-refractivity contribution in [2.75, 3.05) is 0 Å². The van der Waals surface area contributed by atoms with E-state index in [2.05, 4.69) is 34.7 Å². The molecule has 3 unspecified atom stereocenters. The monoisotopic (exact) mass is 273 g/mol. The molecule has 98 valence electrons. The summed E-state index contributed by atoms with van der Waals surface area (Å²) in [6.07, 6.45) is 2.95. The van der Waals surface area contributed by atoms with Crippen LogP contribution in [0.4, 0.5) is 0 Å². The third-order valence-electron chi connectivity index (χ3n) is 3.78. The van der Waals surface area contributed by atoms with Crippen molar-refractivity contribution in [3.05, 3.63) is 64.9 Å². The predicted octanol–water partition coefficient (Wildman–Crippen LogP) is 3.04. The number of benzene rings is 1. The summed E-state index contributed by atoms with van der Waals surface area (Å²) >= 11 is 5.82. The molecule has 1 saturated carbocycles. The largest absolute Gasteiger partial charge is 0.271 e. The second-order valence-electron chi connectivity index (χ2n) is 4.98. The number of nitrogens with one attached hydrogen (secondary N) is 1. The fraction of sp³-hybridized carbons (Fsp3) is 0.267. The van der Waals surface area contributed by atoms with Crippen LogP contribution in [0.15, 0.2) is 48.7 Å². The molecular formula is C15H16ClN3. The predicted molar refractivity (Wildman–Crippen MR) is 76.6 cm³/mol. The molecule has 0 saturated heterocycles. The molecule has 1 heterocycles. The Morgan fingerprint density at radius 2 is 2.00 bits per heavy atom. The molecule has 3 atom stereocenters. The molecule has 3 nitrogen and oxygen atoms in total. The highest BCUT2D eigenvalue weighted by Crippen LogP contribution is 2.53. The van der Waals surface area contributed by atoms with Gasteiger partial charge in [0.25, 0.3) is 0 Å². The lowest BCUT2D eigenvalue weighted by Gasteiger charge is -2.16. The molecule has 2 aromatic rings. The minimum Gasteiger partial charge on any atom is -0.271 e. The van der Waals surface area contributed by atoms with Crippen molar-refractivity contribution in [2.24, 2.45) is 11.8 Å². The number of halogens is 1. The summed E-state index contributed by atoms with van der Waals surface area (Å²) in [6.45, 7) is 0. The van der Waals surface area contributed by atoms with Gasteiger partial charge in [-0.3, -0.25) is 11.3 Å². The molecule has 0 radical (unpaired) electrons. The minimum atomic E-state index is 0.134. The Labute approximate surface area is 117 Å². The Morgan fingerprint density at radius 3 is 2.63 bits per heavy atom. The van der Waals surface area contributed by atoms with Gasteiger partial charge in [0.2, 0.25) is 0 Å². The Morgan fingerprint density at radius 1 is 1.21 bits per heavy atom. The van der Waals surface area contributed by atoms with Crippen LogP contribution in [-0.4, -0.2) is 4.98 Å². The van der Waals surface area contributed by atoms with E-state index < -0.39 is 0 Å². The van der Waals surface area contributed by atoms with Crippen LogP contribution in [-0.2, 0) is 0 Å². The van der Waals surface area contributed by atoms with E-state index in [0.29, 0.717) is 17.0 Å². The molecule has 19 heavy (non-hydrogen) atoms. The molecule has 1 aliphatic carbocycles. The Balaban J connectivity index is 1.77. The summed E-state index contributed by atoms with van der Waals surface area (Å²) < 4.78 is 0. The fourth-order valence-corrected chi connectivity index (χ4v) is 2.82. The number of pyridine rings is 1. The summed E-state index contributed by atoms with van der Waals surface area (Å²) in [7, 11) is 0. The highest BCUT2D eigenvalue weighted by atomic mass is 35.5. The van der Waals surface area contributed by atoms with Crippen LogP contribution in [0.2, 0.25) is 5.15 Å². The Bertz CT molecular complexity index is 541. The van der Waals surface area contributed by atoms with Crippen molar-refractivity contribution in [2.45, 2.75) is 18.4 Å². The van der Waals surface area contributed by atoms with Crippen LogP contribution < -0.4 is 11.3 Å². The van der Waals surface area contributed by atoms with Gasteiger partial charge in [-0.2, -0.15) is 0 Å². The first-order valence-corrected chi connectivity index (χ1v) is 6.80. The average Bonchev–Trinajstić information content (AvgIpc) is 3.23. The number of rotatable bonds is 4. The van der Waals surface area contributed by atoms with Crippen LogP contribution in [0.5, 0.6) is 0 Å². The van der Waals surface area contributed by atoms with Gasteiger partial charge in [0.05, 0.1) is 6.04 Å². The zero-order valence-electron chi connectivity index (χ0n) is 10.5. The van der Waals surface area contributed by atoms with Crippen molar-refractivity contribution in [1.82, 2.24) is 10.4 Å². The number of aromatic nitrogens is 1. The summed E-state index contributed by atoms with van der Waals surface area (Å²) in [5.41, 5.74) is 5.39. The quantitative estimate of drug-likeness (QED) is 0.511. The van der Waals surface area contributed by atoms with E-state index in [0.717, 1.165) is 12.0 Å². The van der Waals surface area contributed by atoms with Crippen molar-refractivity contribution in [1.29, 1.82) is 0 Å². The number of hydrazine groups is 1. The molecule has 1 fully saturated rings. The zero-order chi connectivity index (χ0) is 13.2. The fourth-order valence-electron chi connectivity index (χ4n) is 2.70. The van der Waals surface area contributed by atoms with Gasteiger partial charge < -0.3 is 0 Å². The van der Waals surface area contributed by atoms with E-state index in [1.54, 1.807) is 12.3 Å². The summed E-state index contributed by atoms with van der Waals surface area (Å²) in [4.78, 5) is 4.13. The third kappa shape index (κ3) is 2.63. The van der Waals surface area contributed by atoms with E-state index >= 15 is 0 Å². The van der Waals surface area contributed by atoms with E-state index in [1.807, 2.05) is 12.1 Å². The highest BCUT2D eigenvalue weighted by molar-refractivity contribution is 6.29. The SMILES string of the molecule is NNC(c1ccc(Cl)nc1)C1CC1c1ccccc1. The highest BCUT2D eigenvalue weighted by Gasteiger charge is 2.44. The van der Waals surface area contributed by atoms with Crippen LogP contribution in [0.3, 0.4) is 0 Å². The molecule has 0 bridgehead atoms. The second-order valence-corrected chi connectivity index (χ2v) is 5.36. The van der Waals surface area contributed by atoms with E-state index in [-0.39, 0.29) is 6.04 Å². The zero-order valence-corrected chi connectivity index (χ0v) is 11.2. The van der Waals surface area contributed by atoms with Crippen LogP contribution in [0, 0.1) is 5.92 Å². The minimum absolute atomic E-state index is 0.134. The summed E-state index contributed by atoms with van der Waals surface area (Å²) in [5.74, 6) is 6.82. The Kier molecular flexibility index (Phi) is 3.51. The lowest BCUT2D eigenvalue weighted by Crippen LogP contribution is -2.30. The van der Waals surface area contributed by atoms with Gasteiger partial charge in [0.1, 0.15) is 5.15 Å². The van der Waals surface area contributed by atoms with Crippen molar-refractivity contribution in [3.63, 3.8) is 0 Å². The van der Waals surface area contributed by atoms with Gasteiger partial charge in [-0.1, -0.05) is 48.0 Å². The first-order chi connectivity index (χ1) is 9.29. The topological polar surface area (TPSA) is 50.9 Å². The van der Waals surface area contributed by atoms with Crippen LogP contribution >= 0.6 is 11.6 Å². The molecule has 1 aliphatic rings. The maximum absolute atomic E-state index is 5.82. The molecule has 1 aromatic heterocycles. The van der Waals surface area contributed by atoms with Gasteiger partial charge in [0, 0.05) is 6.20 Å². The number of nitrogens with two attached hydrogens (primary N) is 1. The first kappa shape index (κ1) is 12.6. The lowest BCUT2D eigenvalue weighted by atomic mass is 10.0. The lowest BCUT2D eigenvalue weighted by molar-refractivity contribution is 0.486. The normalized spacial score (nSPS) is 23.1. The first-order valence-electron chi connectivity index (χ1n) is 6.42. The van der Waals surface area contributed by atoms with Gasteiger partial charge >= 0.3 is 0 Å². The second kappa shape index (κ2) is 5.29. The molecule has 0 aliphatic heterocycles. The van der Waals surface area contributed by atoms with Gasteiger partial charge in [0.15, 0.2) is 0 Å². The van der Waals surface area contributed by atoms with Crippen LogP contribution in [0.25, 0.3) is 0 Å². The summed E-state index contributed by atoms with van der Waals surface area (Å²) in [5, 5.41) is 0.509. The standard InChI is InChI=1S/C15H16ClN3/c16-14-7-6-11(9-18-14)15(19-17)13-8-12(13)10-4-2-1-3-5-10/h1-7,9,12-13,15,19H,8,17H2. The molecule has 4 heteroatoms. The van der Waals surface area contributed by atoms with Gasteiger partial charge in [-0.25, -0.2) is 4.98 Å². The van der Waals surface area contributed by atoms with Crippen molar-refractivity contribution >= 4 is 11.6 Å². The number of hydrogen-bond donors (Lipinski definition) is 2. The molecule has 0 amide bonds. The number of nitrogens with zero attached hydrogens (tertiary/aromatic N) is 1. The van der Waals surface area contributed by atoms with E-state index in [1.165, 1.54) is 5.56 Å². The molecule has 1 aromatic carbocycles. The van der Waals surface area contributed by atoms with Gasteiger partial charge in [-0.15, -0.1) is 0 Å². The smallest absolute Gasteiger partial charge is 0.129 e. The number of hydrogen-bond acceptors (Lipinski definition) is 3. The van der Waals surface area contributed by atoms with E-state index in [4.69, 9.17) is 17.4 Å². The molecule has 3 N–H and O–H groups in total. The molecule has 0 spiro atoms. The summed E-state index contributed by atoms with van der Waals surface area (Å²) in [6, 6.07) is 14.5. The van der Waals surface area contributed by atoms with Crippen molar-refractivity contribution in [3.8, 4) is 0 Å². The third-order valence-corrected chi connectivity index (χ3v) is 4.01. The van der Waals surface area contributed by atoms with Gasteiger partial charge in [-0.05, 0) is 35.4 Å². The van der Waals surface area contributed by atoms with Crippen molar-refractivity contribution < 1.29 is 0 Å².